The van der Waals surface area contributed by atoms with Crippen LogP contribution in [0.2, 0.25) is 0 Å². The molecule has 7 heteroatoms. The molecule has 2 N–H and O–H groups in total. The zero-order chi connectivity index (χ0) is 18.9. The van der Waals surface area contributed by atoms with E-state index in [1.165, 1.54) is 38.8 Å². The van der Waals surface area contributed by atoms with Gasteiger partial charge < -0.3 is 20.1 Å². The van der Waals surface area contributed by atoms with Crippen molar-refractivity contribution in [2.75, 3.05) is 40.3 Å². The molecule has 0 spiro atoms. The van der Waals surface area contributed by atoms with Crippen LogP contribution in [-0.2, 0) is 6.54 Å². The number of guanidine groups is 1. The molecule has 28 heavy (non-hydrogen) atoms. The molecule has 6 nitrogen and oxygen atoms in total. The number of nitrogens with one attached hydrogen (secondary N) is 2. The van der Waals surface area contributed by atoms with Crippen LogP contribution in [0, 0.1) is 0 Å². The molecule has 0 amide bonds. The summed E-state index contributed by atoms with van der Waals surface area (Å²) in [6.45, 7) is 5.14. The normalized spacial score (nSPS) is 15.6. The molecular weight excluding hydrogens is 463 g/mol. The Bertz CT molecular complexity index is 707. The summed E-state index contributed by atoms with van der Waals surface area (Å²) in [4.78, 5) is 17.0. The fourth-order valence-corrected chi connectivity index (χ4v) is 3.58. The Kier molecular flexibility index (Phi) is 9.77. The molecule has 0 bridgehead atoms. The first-order chi connectivity index (χ1) is 13.3. The highest BCUT2D eigenvalue weighted by Crippen LogP contribution is 2.16. The van der Waals surface area contributed by atoms with Crippen LogP contribution in [0.15, 0.2) is 41.5 Å². The third kappa shape index (κ3) is 6.77. The molecule has 1 aliphatic rings. The maximum absolute atomic E-state index is 4.53. The van der Waals surface area contributed by atoms with Crippen LogP contribution in [0.4, 0.5) is 0 Å². The number of benzene rings is 1. The van der Waals surface area contributed by atoms with E-state index in [0.29, 0.717) is 6.54 Å². The molecule has 1 aromatic heterocycles. The van der Waals surface area contributed by atoms with Gasteiger partial charge in [0.1, 0.15) is 5.82 Å². The van der Waals surface area contributed by atoms with Crippen molar-refractivity contribution in [2.24, 2.45) is 4.99 Å². The van der Waals surface area contributed by atoms with Crippen molar-refractivity contribution >= 4 is 29.9 Å². The van der Waals surface area contributed by atoms with Crippen LogP contribution >= 0.6 is 24.0 Å². The summed E-state index contributed by atoms with van der Waals surface area (Å²) in [5.41, 5.74) is 2.20. The summed E-state index contributed by atoms with van der Waals surface area (Å²) in [6, 6.07) is 10.3. The van der Waals surface area contributed by atoms with Gasteiger partial charge in [-0.2, -0.15) is 0 Å². The highest BCUT2D eigenvalue weighted by atomic mass is 127. The van der Waals surface area contributed by atoms with Crippen LogP contribution in [0.3, 0.4) is 0 Å². The van der Waals surface area contributed by atoms with Crippen molar-refractivity contribution in [3.05, 3.63) is 42.4 Å². The third-order valence-electron chi connectivity index (χ3n) is 5.08. The van der Waals surface area contributed by atoms with Crippen molar-refractivity contribution in [1.29, 1.82) is 0 Å². The topological polar surface area (TPSA) is 59.6 Å². The molecular formula is C21H33IN6. The van der Waals surface area contributed by atoms with E-state index >= 15 is 0 Å². The lowest BCUT2D eigenvalue weighted by Gasteiger charge is -2.24. The Morgan fingerprint density at radius 2 is 1.89 bits per heavy atom. The molecule has 154 valence electrons. The minimum atomic E-state index is 0. The number of halogens is 1. The molecule has 1 aromatic carbocycles. The number of aliphatic imine (C=N–C) groups is 1. The number of hydrogen-bond donors (Lipinski definition) is 2. The number of rotatable bonds is 6. The Labute approximate surface area is 185 Å². The van der Waals surface area contributed by atoms with Gasteiger partial charge in [-0.1, -0.05) is 43.2 Å². The van der Waals surface area contributed by atoms with Crippen molar-refractivity contribution in [3.8, 4) is 11.3 Å². The van der Waals surface area contributed by atoms with Crippen molar-refractivity contribution in [1.82, 2.24) is 25.1 Å². The Balaban J connectivity index is 0.00000280. The van der Waals surface area contributed by atoms with Gasteiger partial charge in [0.2, 0.25) is 0 Å². The van der Waals surface area contributed by atoms with Gasteiger partial charge in [0, 0.05) is 27.2 Å². The van der Waals surface area contributed by atoms with Crippen molar-refractivity contribution in [2.45, 2.75) is 32.2 Å². The summed E-state index contributed by atoms with van der Waals surface area (Å²) >= 11 is 0. The van der Waals surface area contributed by atoms with Gasteiger partial charge in [-0.25, -0.2) is 4.98 Å². The standard InChI is InChI=1S/C21H32N6.HI/c1-22-21(23-12-15-27-13-8-3-4-9-14-27)26(2)17-20-24-16-19(25-20)18-10-6-5-7-11-18;/h5-7,10-11,16H,3-4,8-9,12-15,17H2,1-2H3,(H,22,23)(H,24,25);1H. The molecule has 0 aliphatic carbocycles. The monoisotopic (exact) mass is 496 g/mol. The lowest BCUT2D eigenvalue weighted by atomic mass is 10.2. The summed E-state index contributed by atoms with van der Waals surface area (Å²) in [5.74, 6) is 1.84. The van der Waals surface area contributed by atoms with E-state index < -0.39 is 0 Å². The quantitative estimate of drug-likeness (QED) is 0.365. The highest BCUT2D eigenvalue weighted by Gasteiger charge is 2.12. The van der Waals surface area contributed by atoms with Crippen LogP contribution in [0.5, 0.6) is 0 Å². The van der Waals surface area contributed by atoms with E-state index in [1.807, 2.05) is 38.5 Å². The number of nitrogens with zero attached hydrogens (tertiary/aromatic N) is 4. The molecule has 2 heterocycles. The Morgan fingerprint density at radius 1 is 1.18 bits per heavy atom. The van der Waals surface area contributed by atoms with Gasteiger partial charge in [0.05, 0.1) is 18.4 Å². The number of hydrogen-bond acceptors (Lipinski definition) is 3. The minimum Gasteiger partial charge on any atom is -0.355 e. The number of H-pyrrole nitrogens is 1. The van der Waals surface area contributed by atoms with Gasteiger partial charge in [-0.3, -0.25) is 4.99 Å². The highest BCUT2D eigenvalue weighted by molar-refractivity contribution is 14.0. The van der Waals surface area contributed by atoms with Gasteiger partial charge in [0.25, 0.3) is 0 Å². The lowest BCUT2D eigenvalue weighted by Crippen LogP contribution is -2.42. The zero-order valence-corrected chi connectivity index (χ0v) is 19.4. The Hall–Kier alpha value is -1.61. The summed E-state index contributed by atoms with van der Waals surface area (Å²) in [5, 5.41) is 3.49. The smallest absolute Gasteiger partial charge is 0.193 e. The van der Waals surface area contributed by atoms with Crippen LogP contribution in [-0.4, -0.2) is 66.0 Å². The van der Waals surface area contributed by atoms with E-state index in [9.17, 15) is 0 Å². The number of aromatic amines is 1. The van der Waals surface area contributed by atoms with Gasteiger partial charge in [-0.15, -0.1) is 24.0 Å². The maximum atomic E-state index is 4.53. The first-order valence-electron chi connectivity index (χ1n) is 9.99. The molecule has 0 unspecified atom stereocenters. The Morgan fingerprint density at radius 3 is 2.57 bits per heavy atom. The molecule has 1 aliphatic heterocycles. The number of likely N-dealkylation sites (tertiary alicyclic amines) is 1. The molecule has 1 fully saturated rings. The van der Waals surface area contributed by atoms with E-state index in [-0.39, 0.29) is 24.0 Å². The summed E-state index contributed by atoms with van der Waals surface area (Å²) in [6.07, 6.45) is 7.31. The predicted octanol–water partition coefficient (Wildman–Crippen LogP) is 3.58. The van der Waals surface area contributed by atoms with Gasteiger partial charge >= 0.3 is 0 Å². The average Bonchev–Trinajstić information content (AvgIpc) is 3.00. The first-order valence-corrected chi connectivity index (χ1v) is 9.99. The molecule has 1 saturated heterocycles. The van der Waals surface area contributed by atoms with Crippen LogP contribution < -0.4 is 5.32 Å². The minimum absolute atomic E-state index is 0. The van der Waals surface area contributed by atoms with E-state index in [2.05, 4.69) is 42.2 Å². The second-order valence-electron chi connectivity index (χ2n) is 7.20. The fraction of sp³-hybridized carbons (Fsp3) is 0.524. The zero-order valence-electron chi connectivity index (χ0n) is 17.0. The van der Waals surface area contributed by atoms with E-state index in [0.717, 1.165) is 36.1 Å². The van der Waals surface area contributed by atoms with Crippen LogP contribution in [0.25, 0.3) is 11.3 Å². The van der Waals surface area contributed by atoms with E-state index in [4.69, 9.17) is 0 Å². The maximum Gasteiger partial charge on any atom is 0.193 e. The van der Waals surface area contributed by atoms with Crippen LogP contribution in [0.1, 0.15) is 31.5 Å². The lowest BCUT2D eigenvalue weighted by molar-refractivity contribution is 0.287. The molecule has 3 rings (SSSR count). The average molecular weight is 496 g/mol. The van der Waals surface area contributed by atoms with Crippen molar-refractivity contribution in [3.63, 3.8) is 0 Å². The summed E-state index contributed by atoms with van der Waals surface area (Å²) in [7, 11) is 3.88. The number of imidazole rings is 1. The third-order valence-corrected chi connectivity index (χ3v) is 5.08. The fourth-order valence-electron chi connectivity index (χ4n) is 3.58. The number of aromatic nitrogens is 2. The molecule has 2 aromatic rings. The van der Waals surface area contributed by atoms with Gasteiger partial charge in [-0.05, 0) is 31.5 Å². The van der Waals surface area contributed by atoms with E-state index in [1.54, 1.807) is 0 Å². The van der Waals surface area contributed by atoms with Crippen molar-refractivity contribution < 1.29 is 0 Å². The second-order valence-corrected chi connectivity index (χ2v) is 7.20. The molecule has 0 radical (unpaired) electrons. The SMILES string of the molecule is CN=C(NCCN1CCCCCC1)N(C)Cc1ncc(-c2ccccc2)[nH]1.I. The predicted molar refractivity (Wildman–Crippen MR) is 127 cm³/mol. The second kappa shape index (κ2) is 12.1. The molecule has 0 saturated carbocycles. The largest absolute Gasteiger partial charge is 0.355 e. The molecule has 0 atom stereocenters. The first kappa shape index (κ1) is 22.7. The summed E-state index contributed by atoms with van der Waals surface area (Å²) < 4.78 is 0. The van der Waals surface area contributed by atoms with Gasteiger partial charge in [0.15, 0.2) is 5.96 Å².